The number of hydrogen-bond acceptors (Lipinski definition) is 14. The van der Waals surface area contributed by atoms with Crippen molar-refractivity contribution in [3.05, 3.63) is 12.2 Å². The number of allylic oxidation sites excluding steroid dienone is 1. The molecule has 0 aromatic rings. The fourth-order valence-corrected chi connectivity index (χ4v) is 8.46. The maximum atomic E-state index is 13.4. The van der Waals surface area contributed by atoms with Crippen molar-refractivity contribution in [1.29, 1.82) is 0 Å². The minimum Gasteiger partial charge on any atom is -0.394 e. The van der Waals surface area contributed by atoms with Crippen LogP contribution in [0.2, 0.25) is 0 Å². The average molecular weight is 878 g/mol. The van der Waals surface area contributed by atoms with Gasteiger partial charge in [0.2, 0.25) is 5.91 Å². The fourth-order valence-electron chi connectivity index (χ4n) is 8.46. The molecular formula is C46H87NO14. The van der Waals surface area contributed by atoms with Crippen molar-refractivity contribution in [3.63, 3.8) is 0 Å². The van der Waals surface area contributed by atoms with E-state index in [1.54, 1.807) is 6.08 Å². The van der Waals surface area contributed by atoms with Crippen molar-refractivity contribution < 1.29 is 70.1 Å². The predicted molar refractivity (Wildman–Crippen MR) is 232 cm³/mol. The van der Waals surface area contributed by atoms with Crippen LogP contribution in [-0.2, 0) is 19.0 Å². The van der Waals surface area contributed by atoms with Gasteiger partial charge in [0, 0.05) is 6.42 Å². The summed E-state index contributed by atoms with van der Waals surface area (Å²) < 4.78 is 16.6. The summed E-state index contributed by atoms with van der Waals surface area (Å²) in [5.74, 6) is -0.502. The molecule has 0 bridgehead atoms. The van der Waals surface area contributed by atoms with Crippen LogP contribution in [-0.4, -0.2) is 149 Å². The molecule has 2 heterocycles. The Bertz CT molecular complexity index is 1130. The Morgan fingerprint density at radius 2 is 1.13 bits per heavy atom. The molecule has 1 unspecified atom stereocenters. The fraction of sp³-hybridized carbons (Fsp3) is 0.935. The van der Waals surface area contributed by atoms with Gasteiger partial charge in [-0.3, -0.25) is 4.79 Å². The maximum Gasteiger partial charge on any atom is 0.220 e. The SMILES string of the molecule is CCCCCCCCCCCCC/C=C/[C@@H](O)[C@H](NC(=O)CCCCCCCCCCCCCCC)C(O)[C@@]1(CO)O[C@H](O[C@H]2[C@H](O)[C@@H](O)[C@H](O)O[C@@H]2CO)[C@H](O)[C@@H](O)[C@H]1O. The first-order valence-corrected chi connectivity index (χ1v) is 24.0. The number of carbonyl (C=O) groups is 1. The van der Waals surface area contributed by atoms with Gasteiger partial charge in [0.15, 0.2) is 18.2 Å². The molecule has 61 heavy (non-hydrogen) atoms. The Morgan fingerprint density at radius 1 is 0.656 bits per heavy atom. The first kappa shape index (κ1) is 55.8. The molecule has 2 fully saturated rings. The Morgan fingerprint density at radius 3 is 1.61 bits per heavy atom. The summed E-state index contributed by atoms with van der Waals surface area (Å²) >= 11 is 0. The molecule has 2 aliphatic rings. The lowest BCUT2D eigenvalue weighted by molar-refractivity contribution is -0.387. The molecule has 1 amide bonds. The topological polar surface area (TPSA) is 259 Å². The van der Waals surface area contributed by atoms with Crippen molar-refractivity contribution >= 4 is 5.91 Å². The number of rotatable bonds is 35. The number of aliphatic hydroxyl groups excluding tert-OH is 10. The second kappa shape index (κ2) is 32.4. The van der Waals surface area contributed by atoms with Gasteiger partial charge < -0.3 is 70.6 Å². The zero-order valence-electron chi connectivity index (χ0n) is 37.5. The van der Waals surface area contributed by atoms with Crippen LogP contribution in [0.1, 0.15) is 181 Å². The summed E-state index contributed by atoms with van der Waals surface area (Å²) in [6, 6.07) is -1.58. The highest BCUT2D eigenvalue weighted by Crippen LogP contribution is 2.37. The van der Waals surface area contributed by atoms with Gasteiger partial charge in [0.1, 0.15) is 48.8 Å². The Hall–Kier alpha value is -1.31. The van der Waals surface area contributed by atoms with E-state index in [1.807, 2.05) is 0 Å². The molecule has 15 nitrogen and oxygen atoms in total. The molecular weight excluding hydrogens is 790 g/mol. The first-order chi connectivity index (χ1) is 29.4. The molecule has 0 spiro atoms. The number of hydrogen-bond donors (Lipinski definition) is 11. The largest absolute Gasteiger partial charge is 0.394 e. The van der Waals surface area contributed by atoms with E-state index in [0.717, 1.165) is 51.4 Å². The van der Waals surface area contributed by atoms with Gasteiger partial charge in [-0.2, -0.15) is 0 Å². The summed E-state index contributed by atoms with van der Waals surface area (Å²) in [5.41, 5.74) is -2.59. The van der Waals surface area contributed by atoms with Gasteiger partial charge in [-0.15, -0.1) is 0 Å². The smallest absolute Gasteiger partial charge is 0.220 e. The molecule has 0 radical (unpaired) electrons. The minimum atomic E-state index is -2.59. The quantitative estimate of drug-likeness (QED) is 0.0319. The van der Waals surface area contributed by atoms with E-state index in [0.29, 0.717) is 12.8 Å². The highest BCUT2D eigenvalue weighted by Gasteiger charge is 2.61. The number of ether oxygens (including phenoxy) is 3. The Labute approximate surface area is 365 Å². The number of unbranched alkanes of at least 4 members (excludes halogenated alkanes) is 23. The van der Waals surface area contributed by atoms with E-state index in [-0.39, 0.29) is 6.42 Å². The Kier molecular flexibility index (Phi) is 29.6. The van der Waals surface area contributed by atoms with Gasteiger partial charge >= 0.3 is 0 Å². The number of amides is 1. The first-order valence-electron chi connectivity index (χ1n) is 24.0. The maximum absolute atomic E-state index is 13.4. The molecule has 0 aromatic carbocycles. The van der Waals surface area contributed by atoms with Gasteiger partial charge in [0.25, 0.3) is 0 Å². The number of carbonyl (C=O) groups excluding carboxylic acids is 1. The lowest BCUT2D eigenvalue weighted by Crippen LogP contribution is -2.75. The third-order valence-electron chi connectivity index (χ3n) is 12.5. The van der Waals surface area contributed by atoms with E-state index < -0.39 is 98.3 Å². The summed E-state index contributed by atoms with van der Waals surface area (Å²) in [6.45, 7) is 2.41. The minimum absolute atomic E-state index is 0.0784. The molecule has 0 saturated carbocycles. The molecule has 2 saturated heterocycles. The summed E-state index contributed by atoms with van der Waals surface area (Å²) in [5, 5.41) is 111. The third kappa shape index (κ3) is 19.4. The summed E-state index contributed by atoms with van der Waals surface area (Å²) in [6.07, 6.45) is 10.6. The van der Waals surface area contributed by atoms with E-state index in [4.69, 9.17) is 14.2 Å². The zero-order chi connectivity index (χ0) is 45.0. The van der Waals surface area contributed by atoms with E-state index in [9.17, 15) is 55.9 Å². The standard InChI is InChI=1S/C46H87NO14/c1-3-5-7-9-11-13-15-17-19-21-23-25-27-29-33(50)36(47-35(51)30-28-26-24-22-20-18-16-14-12-10-8-6-4-2)42(56)46(32-49)43(57)38(53)40(55)45(61-46)60-41-34(31-48)59-44(58)39(54)37(41)52/h27,29,33-34,36-45,48-50,52-58H,3-26,28,30-32H2,1-2H3,(H,47,51)/b29-27+/t33-,34-,36+,37-,38-,39-,40-,41-,42?,43-,44-,45+,46-/m1/s1. The van der Waals surface area contributed by atoms with Crippen molar-refractivity contribution in [3.8, 4) is 0 Å². The summed E-state index contributed by atoms with van der Waals surface area (Å²) in [7, 11) is 0. The van der Waals surface area contributed by atoms with Crippen LogP contribution in [0, 0.1) is 0 Å². The molecule has 0 aromatic heterocycles. The van der Waals surface area contributed by atoms with Crippen LogP contribution >= 0.6 is 0 Å². The van der Waals surface area contributed by atoms with E-state index in [2.05, 4.69) is 19.2 Å². The monoisotopic (exact) mass is 878 g/mol. The van der Waals surface area contributed by atoms with E-state index >= 15 is 0 Å². The van der Waals surface area contributed by atoms with Crippen molar-refractivity contribution in [2.45, 2.75) is 260 Å². The second-order valence-corrected chi connectivity index (χ2v) is 17.6. The number of aliphatic hydroxyl groups is 10. The molecule has 13 atom stereocenters. The van der Waals surface area contributed by atoms with Crippen LogP contribution in [0.25, 0.3) is 0 Å². The van der Waals surface area contributed by atoms with E-state index in [1.165, 1.54) is 102 Å². The molecule has 2 aliphatic heterocycles. The van der Waals surface area contributed by atoms with Crippen molar-refractivity contribution in [2.24, 2.45) is 0 Å². The van der Waals surface area contributed by atoms with Crippen LogP contribution in [0.5, 0.6) is 0 Å². The highest BCUT2D eigenvalue weighted by molar-refractivity contribution is 5.76. The lowest BCUT2D eigenvalue weighted by atomic mass is 9.78. The molecule has 0 aliphatic carbocycles. The van der Waals surface area contributed by atoms with Crippen LogP contribution in [0.15, 0.2) is 12.2 Å². The third-order valence-corrected chi connectivity index (χ3v) is 12.5. The van der Waals surface area contributed by atoms with Crippen LogP contribution < -0.4 is 5.32 Å². The van der Waals surface area contributed by atoms with Gasteiger partial charge in [0.05, 0.1) is 25.4 Å². The van der Waals surface area contributed by atoms with Crippen molar-refractivity contribution in [2.75, 3.05) is 13.2 Å². The van der Waals surface area contributed by atoms with Gasteiger partial charge in [-0.1, -0.05) is 167 Å². The van der Waals surface area contributed by atoms with Crippen LogP contribution in [0.3, 0.4) is 0 Å². The molecule has 15 heteroatoms. The number of nitrogens with one attached hydrogen (secondary N) is 1. The Balaban J connectivity index is 2.09. The summed E-state index contributed by atoms with van der Waals surface area (Å²) in [4.78, 5) is 13.4. The molecule has 11 N–H and O–H groups in total. The average Bonchev–Trinajstić information content (AvgIpc) is 3.25. The zero-order valence-corrected chi connectivity index (χ0v) is 37.5. The second-order valence-electron chi connectivity index (χ2n) is 17.6. The molecule has 2 rings (SSSR count). The molecule has 360 valence electrons. The van der Waals surface area contributed by atoms with Crippen LogP contribution in [0.4, 0.5) is 0 Å². The highest BCUT2D eigenvalue weighted by atomic mass is 16.7. The van der Waals surface area contributed by atoms with Gasteiger partial charge in [-0.05, 0) is 19.3 Å². The van der Waals surface area contributed by atoms with Gasteiger partial charge in [-0.25, -0.2) is 0 Å². The predicted octanol–water partition coefficient (Wildman–Crippen LogP) is 3.92. The normalized spacial score (nSPS) is 29.8. The van der Waals surface area contributed by atoms with Crippen molar-refractivity contribution in [1.82, 2.24) is 5.32 Å². The lowest BCUT2D eigenvalue weighted by Gasteiger charge is -2.52.